The highest BCUT2D eigenvalue weighted by atomic mass is 16.5. The Hall–Kier alpha value is -0.380. The van der Waals surface area contributed by atoms with Crippen molar-refractivity contribution in [3.8, 4) is 0 Å². The lowest BCUT2D eigenvalue weighted by molar-refractivity contribution is -0.0877. The maximum atomic E-state index is 5.85. The van der Waals surface area contributed by atoms with Crippen LogP contribution in [0.25, 0.3) is 0 Å². The summed E-state index contributed by atoms with van der Waals surface area (Å²) >= 11 is 0. The van der Waals surface area contributed by atoms with Crippen molar-refractivity contribution in [2.75, 3.05) is 7.11 Å². The fourth-order valence-corrected chi connectivity index (χ4v) is 2.83. The van der Waals surface area contributed by atoms with Crippen molar-refractivity contribution in [3.05, 3.63) is 12.7 Å². The summed E-state index contributed by atoms with van der Waals surface area (Å²) in [7, 11) is 1.82. The molecule has 1 saturated carbocycles. The zero-order valence-electron chi connectivity index (χ0n) is 11.6. The lowest BCUT2D eigenvalue weighted by Gasteiger charge is -2.46. The topological polar surface area (TPSA) is 47.3 Å². The molecule has 0 aliphatic heterocycles. The Morgan fingerprint density at radius 1 is 1.35 bits per heavy atom. The predicted molar refractivity (Wildman–Crippen MR) is 72.5 cm³/mol. The number of hydrazine groups is 1. The first-order valence-corrected chi connectivity index (χ1v) is 6.62. The van der Waals surface area contributed by atoms with Gasteiger partial charge in [0, 0.05) is 7.11 Å². The Labute approximate surface area is 106 Å². The molecule has 100 valence electrons. The SMILES string of the molecule is C=CCCC(NN)C1(OC)CCC(C)(C)CC1. The first kappa shape index (κ1) is 14.7. The molecule has 0 heterocycles. The normalized spacial score (nSPS) is 24.2. The van der Waals surface area contributed by atoms with E-state index in [0.29, 0.717) is 5.41 Å². The van der Waals surface area contributed by atoms with Crippen molar-refractivity contribution in [1.82, 2.24) is 5.43 Å². The fraction of sp³-hybridized carbons (Fsp3) is 0.857. The van der Waals surface area contributed by atoms with Crippen molar-refractivity contribution >= 4 is 0 Å². The highest BCUT2D eigenvalue weighted by Crippen LogP contribution is 2.43. The molecule has 0 spiro atoms. The molecule has 0 radical (unpaired) electrons. The lowest BCUT2D eigenvalue weighted by Crippen LogP contribution is -2.56. The quantitative estimate of drug-likeness (QED) is 0.426. The predicted octanol–water partition coefficient (Wildman–Crippen LogP) is 2.77. The minimum atomic E-state index is -0.0900. The average molecular weight is 240 g/mol. The van der Waals surface area contributed by atoms with E-state index in [1.165, 1.54) is 12.8 Å². The van der Waals surface area contributed by atoms with E-state index >= 15 is 0 Å². The Bertz CT molecular complexity index is 241. The molecule has 0 amide bonds. The summed E-state index contributed by atoms with van der Waals surface area (Å²) in [6.07, 6.45) is 8.49. The molecule has 0 aromatic heterocycles. The van der Waals surface area contributed by atoms with E-state index in [4.69, 9.17) is 10.6 Å². The summed E-state index contributed by atoms with van der Waals surface area (Å²) in [6, 6.07) is 0.224. The third-order valence-electron chi connectivity index (χ3n) is 4.35. The van der Waals surface area contributed by atoms with Gasteiger partial charge in [0.2, 0.25) is 0 Å². The molecular formula is C14H28N2O. The molecule has 0 bridgehead atoms. The number of methoxy groups -OCH3 is 1. The lowest BCUT2D eigenvalue weighted by atomic mass is 9.68. The van der Waals surface area contributed by atoms with Gasteiger partial charge in [0.15, 0.2) is 0 Å². The molecule has 17 heavy (non-hydrogen) atoms. The Morgan fingerprint density at radius 3 is 2.35 bits per heavy atom. The maximum Gasteiger partial charge on any atom is 0.0844 e. The molecule has 3 N–H and O–H groups in total. The van der Waals surface area contributed by atoms with Crippen molar-refractivity contribution in [2.45, 2.75) is 64.0 Å². The fourth-order valence-electron chi connectivity index (χ4n) is 2.83. The standard InChI is InChI=1S/C14H28N2O/c1-5-6-7-12(16-15)14(17-4)10-8-13(2,3)9-11-14/h5,12,16H,1,6-11,15H2,2-4H3. The van der Waals surface area contributed by atoms with Gasteiger partial charge in [-0.1, -0.05) is 19.9 Å². The molecule has 1 rings (SSSR count). The zero-order chi connectivity index (χ0) is 12.9. The third-order valence-corrected chi connectivity index (χ3v) is 4.35. The number of allylic oxidation sites excluding steroid dienone is 1. The molecular weight excluding hydrogens is 212 g/mol. The van der Waals surface area contributed by atoms with Crippen LogP contribution in [0.3, 0.4) is 0 Å². The summed E-state index contributed by atoms with van der Waals surface area (Å²) in [4.78, 5) is 0. The molecule has 0 aromatic carbocycles. The molecule has 0 aromatic rings. The number of nitrogens with one attached hydrogen (secondary N) is 1. The molecule has 1 unspecified atom stereocenters. The second-order valence-electron chi connectivity index (χ2n) is 6.02. The van der Waals surface area contributed by atoms with Gasteiger partial charge in [-0.05, 0) is 43.9 Å². The third kappa shape index (κ3) is 3.54. The van der Waals surface area contributed by atoms with Gasteiger partial charge in [0.05, 0.1) is 11.6 Å². The van der Waals surface area contributed by atoms with Crippen molar-refractivity contribution in [1.29, 1.82) is 0 Å². The van der Waals surface area contributed by atoms with E-state index in [2.05, 4.69) is 25.9 Å². The van der Waals surface area contributed by atoms with Gasteiger partial charge in [-0.15, -0.1) is 6.58 Å². The van der Waals surface area contributed by atoms with Crippen LogP contribution in [0, 0.1) is 5.41 Å². The van der Waals surface area contributed by atoms with E-state index < -0.39 is 0 Å². The van der Waals surface area contributed by atoms with E-state index in [1.54, 1.807) is 0 Å². The Morgan fingerprint density at radius 2 is 1.94 bits per heavy atom. The zero-order valence-corrected chi connectivity index (χ0v) is 11.6. The smallest absolute Gasteiger partial charge is 0.0844 e. The van der Waals surface area contributed by atoms with Gasteiger partial charge in [-0.3, -0.25) is 11.3 Å². The van der Waals surface area contributed by atoms with Crippen LogP contribution < -0.4 is 11.3 Å². The maximum absolute atomic E-state index is 5.85. The van der Waals surface area contributed by atoms with Gasteiger partial charge in [-0.2, -0.15) is 0 Å². The molecule has 3 heteroatoms. The molecule has 1 atom stereocenters. The molecule has 3 nitrogen and oxygen atoms in total. The molecule has 1 aliphatic carbocycles. The minimum absolute atomic E-state index is 0.0900. The summed E-state index contributed by atoms with van der Waals surface area (Å²) in [6.45, 7) is 8.44. The monoisotopic (exact) mass is 240 g/mol. The van der Waals surface area contributed by atoms with Crippen LogP contribution in [-0.2, 0) is 4.74 Å². The average Bonchev–Trinajstić information content (AvgIpc) is 2.32. The number of nitrogens with two attached hydrogens (primary N) is 1. The van der Waals surface area contributed by atoms with Crippen LogP contribution in [0.2, 0.25) is 0 Å². The highest BCUT2D eigenvalue weighted by molar-refractivity contribution is 4.98. The van der Waals surface area contributed by atoms with Gasteiger partial charge in [0.25, 0.3) is 0 Å². The highest BCUT2D eigenvalue weighted by Gasteiger charge is 2.43. The largest absolute Gasteiger partial charge is 0.377 e. The number of hydrogen-bond donors (Lipinski definition) is 2. The summed E-state index contributed by atoms with van der Waals surface area (Å²) in [5, 5.41) is 0. The van der Waals surface area contributed by atoms with Gasteiger partial charge in [-0.25, -0.2) is 0 Å². The van der Waals surface area contributed by atoms with E-state index in [-0.39, 0.29) is 11.6 Å². The van der Waals surface area contributed by atoms with E-state index in [0.717, 1.165) is 25.7 Å². The van der Waals surface area contributed by atoms with Gasteiger partial charge < -0.3 is 4.74 Å². The van der Waals surface area contributed by atoms with Crippen molar-refractivity contribution in [2.24, 2.45) is 11.3 Å². The molecule has 1 fully saturated rings. The van der Waals surface area contributed by atoms with E-state index in [1.807, 2.05) is 13.2 Å². The van der Waals surface area contributed by atoms with Crippen molar-refractivity contribution < 1.29 is 4.74 Å². The second kappa shape index (κ2) is 5.98. The Kier molecular flexibility index (Phi) is 5.17. The van der Waals surface area contributed by atoms with Gasteiger partial charge >= 0.3 is 0 Å². The molecule has 1 aliphatic rings. The van der Waals surface area contributed by atoms with Crippen LogP contribution in [0.5, 0.6) is 0 Å². The Balaban J connectivity index is 2.70. The van der Waals surface area contributed by atoms with Gasteiger partial charge in [0.1, 0.15) is 0 Å². The summed E-state index contributed by atoms with van der Waals surface area (Å²) in [5.74, 6) is 5.71. The van der Waals surface area contributed by atoms with E-state index in [9.17, 15) is 0 Å². The van der Waals surface area contributed by atoms with Crippen LogP contribution in [0.4, 0.5) is 0 Å². The summed E-state index contributed by atoms with van der Waals surface area (Å²) in [5.41, 5.74) is 3.31. The number of ether oxygens (including phenoxy) is 1. The number of rotatable bonds is 6. The number of hydrogen-bond acceptors (Lipinski definition) is 3. The molecule has 0 saturated heterocycles. The summed E-state index contributed by atoms with van der Waals surface area (Å²) < 4.78 is 5.85. The second-order valence-corrected chi connectivity index (χ2v) is 6.02. The van der Waals surface area contributed by atoms with Crippen LogP contribution in [0.15, 0.2) is 12.7 Å². The minimum Gasteiger partial charge on any atom is -0.377 e. The first-order chi connectivity index (χ1) is 7.99. The van der Waals surface area contributed by atoms with Crippen LogP contribution in [0.1, 0.15) is 52.4 Å². The van der Waals surface area contributed by atoms with Crippen LogP contribution in [-0.4, -0.2) is 18.8 Å². The van der Waals surface area contributed by atoms with Crippen molar-refractivity contribution in [3.63, 3.8) is 0 Å². The first-order valence-electron chi connectivity index (χ1n) is 6.62. The van der Waals surface area contributed by atoms with Crippen LogP contribution >= 0.6 is 0 Å².